The van der Waals surface area contributed by atoms with Crippen molar-refractivity contribution < 1.29 is 4.57 Å². The summed E-state index contributed by atoms with van der Waals surface area (Å²) in [6.45, 7) is 3.99. The molecule has 5 N–H and O–H groups in total. The second-order valence-corrected chi connectivity index (χ2v) is 3.43. The highest BCUT2D eigenvalue weighted by atomic mass is 31.2. The molecule has 0 rings (SSSR count). The predicted molar refractivity (Wildman–Crippen MR) is 38.8 cm³/mol. The molecule has 4 nitrogen and oxygen atoms in total. The lowest BCUT2D eigenvalue weighted by Crippen LogP contribution is -2.22. The first-order valence-corrected chi connectivity index (χ1v) is 4.44. The first kappa shape index (κ1) is 8.85. The summed E-state index contributed by atoms with van der Waals surface area (Å²) < 4.78 is 10.5. The van der Waals surface area contributed by atoms with Crippen molar-refractivity contribution in [2.75, 3.05) is 6.54 Å². The fraction of sp³-hybridized carbons (Fsp3) is 0.500. The van der Waals surface area contributed by atoms with Crippen LogP contribution in [-0.2, 0) is 4.57 Å². The standard InChI is InChI=1S/C4H12N3OP/c1-2-3-4-7-9(5,6)8/h2H,1,3-4H2,(H5,5,6,7,8). The van der Waals surface area contributed by atoms with Gasteiger partial charge in [0.25, 0.3) is 7.59 Å². The lowest BCUT2D eigenvalue weighted by molar-refractivity contribution is 0.566. The van der Waals surface area contributed by atoms with Gasteiger partial charge in [-0.25, -0.2) is 5.09 Å². The molecule has 0 aliphatic carbocycles. The Balaban J connectivity index is 3.28. The van der Waals surface area contributed by atoms with Crippen LogP contribution in [0.15, 0.2) is 12.7 Å². The van der Waals surface area contributed by atoms with Gasteiger partial charge < -0.3 is 0 Å². The van der Waals surface area contributed by atoms with E-state index in [1.54, 1.807) is 6.08 Å². The minimum absolute atomic E-state index is 0.522. The van der Waals surface area contributed by atoms with Crippen molar-refractivity contribution in [1.29, 1.82) is 0 Å². The van der Waals surface area contributed by atoms with Crippen molar-refractivity contribution in [3.8, 4) is 0 Å². The normalized spacial score (nSPS) is 11.3. The SMILES string of the molecule is C=CCCNP(N)(N)=O. The van der Waals surface area contributed by atoms with Gasteiger partial charge in [-0.2, -0.15) is 0 Å². The molecule has 0 atom stereocenters. The highest BCUT2D eigenvalue weighted by Crippen LogP contribution is 2.16. The van der Waals surface area contributed by atoms with Crippen LogP contribution in [0.2, 0.25) is 0 Å². The van der Waals surface area contributed by atoms with E-state index in [9.17, 15) is 4.57 Å². The Hall–Kier alpha value is -0.150. The molecule has 5 heteroatoms. The summed E-state index contributed by atoms with van der Waals surface area (Å²) in [6, 6.07) is 0. The van der Waals surface area contributed by atoms with E-state index in [1.165, 1.54) is 0 Å². The summed E-state index contributed by atoms with van der Waals surface area (Å²) in [7, 11) is -2.99. The second kappa shape index (κ2) is 3.80. The van der Waals surface area contributed by atoms with Crippen molar-refractivity contribution in [3.05, 3.63) is 12.7 Å². The molecule has 0 aliphatic heterocycles. The van der Waals surface area contributed by atoms with Gasteiger partial charge in [0.15, 0.2) is 0 Å². The van der Waals surface area contributed by atoms with Crippen LogP contribution in [0, 0.1) is 0 Å². The summed E-state index contributed by atoms with van der Waals surface area (Å²) in [5.41, 5.74) is 9.93. The Morgan fingerprint density at radius 1 is 1.67 bits per heavy atom. The van der Waals surface area contributed by atoms with Crippen molar-refractivity contribution >= 4 is 7.59 Å². The Morgan fingerprint density at radius 2 is 2.22 bits per heavy atom. The Morgan fingerprint density at radius 3 is 2.56 bits per heavy atom. The van der Waals surface area contributed by atoms with E-state index >= 15 is 0 Å². The molecule has 54 valence electrons. The van der Waals surface area contributed by atoms with Gasteiger partial charge >= 0.3 is 0 Å². The maximum Gasteiger partial charge on any atom is 0.273 e. The average Bonchev–Trinajstić information content (AvgIpc) is 1.63. The van der Waals surface area contributed by atoms with E-state index in [0.717, 1.165) is 6.42 Å². The fourth-order valence-electron chi connectivity index (χ4n) is 0.341. The molecule has 0 radical (unpaired) electrons. The number of nitrogens with one attached hydrogen (secondary N) is 1. The number of hydrogen-bond acceptors (Lipinski definition) is 1. The van der Waals surface area contributed by atoms with E-state index < -0.39 is 7.59 Å². The van der Waals surface area contributed by atoms with Gasteiger partial charge in [-0.05, 0) is 6.42 Å². The van der Waals surface area contributed by atoms with Gasteiger partial charge in [0.2, 0.25) is 0 Å². The quantitative estimate of drug-likeness (QED) is 0.302. The molecule has 0 unspecified atom stereocenters. The smallest absolute Gasteiger partial charge is 0.271 e. The van der Waals surface area contributed by atoms with Crippen molar-refractivity contribution in [2.45, 2.75) is 6.42 Å². The summed E-state index contributed by atoms with van der Waals surface area (Å²) >= 11 is 0. The molecule has 0 bridgehead atoms. The molecule has 0 saturated heterocycles. The van der Waals surface area contributed by atoms with Crippen LogP contribution >= 0.6 is 7.59 Å². The minimum atomic E-state index is -2.99. The monoisotopic (exact) mass is 149 g/mol. The van der Waals surface area contributed by atoms with E-state index in [-0.39, 0.29) is 0 Å². The highest BCUT2D eigenvalue weighted by molar-refractivity contribution is 7.56. The molecule has 0 saturated carbocycles. The number of nitrogens with two attached hydrogens (primary N) is 2. The third kappa shape index (κ3) is 7.85. The van der Waals surface area contributed by atoms with Gasteiger partial charge in [0, 0.05) is 6.54 Å². The van der Waals surface area contributed by atoms with Gasteiger partial charge in [0.05, 0.1) is 0 Å². The van der Waals surface area contributed by atoms with Crippen LogP contribution in [-0.4, -0.2) is 6.54 Å². The van der Waals surface area contributed by atoms with Crippen molar-refractivity contribution in [1.82, 2.24) is 5.09 Å². The number of rotatable bonds is 4. The van der Waals surface area contributed by atoms with Crippen molar-refractivity contribution in [2.24, 2.45) is 11.0 Å². The van der Waals surface area contributed by atoms with E-state index in [4.69, 9.17) is 11.0 Å². The zero-order valence-electron chi connectivity index (χ0n) is 5.21. The maximum absolute atomic E-state index is 10.5. The predicted octanol–water partition coefficient (Wildman–Crippen LogP) is 0.178. The molecule has 9 heavy (non-hydrogen) atoms. The molecule has 0 aromatic heterocycles. The molecular formula is C4H12N3OP. The van der Waals surface area contributed by atoms with Gasteiger partial charge in [-0.15, -0.1) is 6.58 Å². The van der Waals surface area contributed by atoms with E-state index in [1.807, 2.05) is 0 Å². The van der Waals surface area contributed by atoms with Crippen LogP contribution in [0.5, 0.6) is 0 Å². The van der Waals surface area contributed by atoms with E-state index in [2.05, 4.69) is 11.7 Å². The molecular weight excluding hydrogens is 137 g/mol. The lowest BCUT2D eigenvalue weighted by atomic mass is 10.4. The summed E-state index contributed by atoms with van der Waals surface area (Å²) in [5.74, 6) is 0. The van der Waals surface area contributed by atoms with Crippen LogP contribution < -0.4 is 16.1 Å². The summed E-state index contributed by atoms with van der Waals surface area (Å²) in [6.07, 6.45) is 2.42. The van der Waals surface area contributed by atoms with Crippen molar-refractivity contribution in [3.63, 3.8) is 0 Å². The second-order valence-electron chi connectivity index (χ2n) is 1.69. The molecule has 0 fully saturated rings. The minimum Gasteiger partial charge on any atom is -0.271 e. The summed E-state index contributed by atoms with van der Waals surface area (Å²) in [5, 5.41) is 2.46. The molecule has 0 spiro atoms. The van der Waals surface area contributed by atoms with Crippen LogP contribution in [0.1, 0.15) is 6.42 Å². The Kier molecular flexibility index (Phi) is 3.73. The van der Waals surface area contributed by atoms with Crippen LogP contribution in [0.4, 0.5) is 0 Å². The molecule has 0 aromatic carbocycles. The number of hydrogen-bond donors (Lipinski definition) is 3. The summed E-state index contributed by atoms with van der Waals surface area (Å²) in [4.78, 5) is 0. The first-order valence-electron chi connectivity index (χ1n) is 2.59. The molecule has 0 heterocycles. The van der Waals surface area contributed by atoms with E-state index in [0.29, 0.717) is 6.54 Å². The molecule has 0 amide bonds. The topological polar surface area (TPSA) is 81.1 Å². The fourth-order valence-corrected chi connectivity index (χ4v) is 0.820. The zero-order chi connectivity index (χ0) is 7.33. The third-order valence-corrected chi connectivity index (χ3v) is 1.43. The average molecular weight is 149 g/mol. The first-order chi connectivity index (χ1) is 4.06. The zero-order valence-corrected chi connectivity index (χ0v) is 6.10. The Bertz CT molecular complexity index is 130. The third-order valence-electron chi connectivity index (χ3n) is 0.707. The Labute approximate surface area is 54.8 Å². The molecule has 0 aromatic rings. The van der Waals surface area contributed by atoms with Gasteiger partial charge in [-0.1, -0.05) is 6.08 Å². The lowest BCUT2D eigenvalue weighted by Gasteiger charge is -2.05. The van der Waals surface area contributed by atoms with Crippen LogP contribution in [0.3, 0.4) is 0 Å². The molecule has 0 aliphatic rings. The van der Waals surface area contributed by atoms with Gasteiger partial charge in [-0.3, -0.25) is 15.6 Å². The highest BCUT2D eigenvalue weighted by Gasteiger charge is 2.03. The largest absolute Gasteiger partial charge is 0.273 e. The maximum atomic E-state index is 10.5. The van der Waals surface area contributed by atoms with Crippen LogP contribution in [0.25, 0.3) is 0 Å². The van der Waals surface area contributed by atoms with Gasteiger partial charge in [0.1, 0.15) is 0 Å².